The van der Waals surface area contributed by atoms with Gasteiger partial charge in [-0.1, -0.05) is 60.7 Å². The Morgan fingerprint density at radius 1 is 1.03 bits per heavy atom. The summed E-state index contributed by atoms with van der Waals surface area (Å²) in [5.41, 5.74) is 3.63. The summed E-state index contributed by atoms with van der Waals surface area (Å²) >= 11 is 1.44. The summed E-state index contributed by atoms with van der Waals surface area (Å²) in [4.78, 5) is 19.8. The zero-order valence-electron chi connectivity index (χ0n) is 20.9. The minimum absolute atomic E-state index is 0.101. The molecule has 0 N–H and O–H groups in total. The fraction of sp³-hybridized carbons (Fsp3) is 0.200. The van der Waals surface area contributed by atoms with Crippen LogP contribution in [0.3, 0.4) is 0 Å². The molecule has 1 aromatic heterocycles. The Morgan fingerprint density at radius 3 is 2.26 bits per heavy atom. The average Bonchev–Trinajstić information content (AvgIpc) is 3.55. The van der Waals surface area contributed by atoms with E-state index < -0.39 is 16.1 Å². The lowest BCUT2D eigenvalue weighted by Gasteiger charge is -2.28. The van der Waals surface area contributed by atoms with Crippen LogP contribution in [-0.4, -0.2) is 37.2 Å². The second-order valence-electron chi connectivity index (χ2n) is 9.71. The Morgan fingerprint density at radius 2 is 1.68 bits per heavy atom. The van der Waals surface area contributed by atoms with Crippen LogP contribution in [0.5, 0.6) is 0 Å². The van der Waals surface area contributed by atoms with E-state index in [9.17, 15) is 13.2 Å². The number of rotatable bonds is 8. The zero-order chi connectivity index (χ0) is 26.3. The summed E-state index contributed by atoms with van der Waals surface area (Å²) in [7, 11) is -2.31. The van der Waals surface area contributed by atoms with Gasteiger partial charge in [0.05, 0.1) is 22.2 Å². The number of amides is 1. The molecule has 6 rings (SSSR count). The molecular weight excluding hydrogens is 514 g/mol. The minimum atomic E-state index is -3.92. The predicted molar refractivity (Wildman–Crippen MR) is 151 cm³/mol. The number of hydrogen-bond donors (Lipinski definition) is 0. The van der Waals surface area contributed by atoms with Crippen LogP contribution in [0.4, 0.5) is 5.69 Å². The van der Waals surface area contributed by atoms with E-state index in [4.69, 9.17) is 0 Å². The van der Waals surface area contributed by atoms with Gasteiger partial charge in [-0.2, -0.15) is 4.31 Å². The summed E-state index contributed by atoms with van der Waals surface area (Å²) in [6, 6.07) is 23.8. The lowest BCUT2D eigenvalue weighted by molar-refractivity contribution is -0.113. The molecular formula is C30H27N3O3S2. The molecule has 8 heteroatoms. The van der Waals surface area contributed by atoms with Gasteiger partial charge in [0.2, 0.25) is 10.0 Å². The Kier molecular flexibility index (Phi) is 6.47. The topological polar surface area (TPSA) is 70.6 Å². The number of thiazole rings is 1. The first-order chi connectivity index (χ1) is 18.4. The van der Waals surface area contributed by atoms with Gasteiger partial charge < -0.3 is 4.90 Å². The highest BCUT2D eigenvalue weighted by molar-refractivity contribution is 7.89. The van der Waals surface area contributed by atoms with Crippen LogP contribution in [0.1, 0.15) is 40.6 Å². The monoisotopic (exact) mass is 541 g/mol. The van der Waals surface area contributed by atoms with Gasteiger partial charge in [-0.15, -0.1) is 11.3 Å². The Labute approximate surface area is 226 Å². The highest BCUT2D eigenvalue weighted by Crippen LogP contribution is 2.43. The van der Waals surface area contributed by atoms with Crippen LogP contribution in [0.15, 0.2) is 95.3 Å². The van der Waals surface area contributed by atoms with Crippen LogP contribution < -0.4 is 4.90 Å². The largest absolute Gasteiger partial charge is 0.307 e. The van der Waals surface area contributed by atoms with Crippen LogP contribution in [0, 0.1) is 5.92 Å². The smallest absolute Gasteiger partial charge is 0.259 e. The lowest BCUT2D eigenvalue weighted by Crippen LogP contribution is -2.32. The van der Waals surface area contributed by atoms with Crippen molar-refractivity contribution in [2.24, 2.45) is 5.92 Å². The number of carbonyl (C=O) groups is 1. The van der Waals surface area contributed by atoms with Gasteiger partial charge in [0, 0.05) is 30.7 Å². The van der Waals surface area contributed by atoms with E-state index in [-0.39, 0.29) is 10.8 Å². The van der Waals surface area contributed by atoms with Crippen molar-refractivity contribution in [3.8, 4) is 0 Å². The predicted octanol–water partition coefficient (Wildman–Crippen LogP) is 5.85. The molecule has 192 valence electrons. The quantitative estimate of drug-likeness (QED) is 0.262. The molecule has 2 aliphatic rings. The third-order valence-corrected chi connectivity index (χ3v) is 9.69. The molecule has 4 aromatic rings. The maximum atomic E-state index is 14.1. The number of nitrogens with zero attached hydrogens (tertiary/aromatic N) is 3. The molecule has 1 saturated carbocycles. The van der Waals surface area contributed by atoms with Crippen molar-refractivity contribution in [3.05, 3.63) is 112 Å². The van der Waals surface area contributed by atoms with Gasteiger partial charge in [0.15, 0.2) is 0 Å². The van der Waals surface area contributed by atoms with Gasteiger partial charge in [0.1, 0.15) is 5.01 Å². The molecule has 6 nitrogen and oxygen atoms in total. The molecule has 0 bridgehead atoms. The van der Waals surface area contributed by atoms with Gasteiger partial charge in [0.25, 0.3) is 5.91 Å². The number of hydrogen-bond acceptors (Lipinski definition) is 5. The number of sulfonamides is 1. The van der Waals surface area contributed by atoms with Crippen molar-refractivity contribution in [2.45, 2.75) is 23.8 Å². The van der Waals surface area contributed by atoms with Crippen LogP contribution in [0.2, 0.25) is 0 Å². The SMILES string of the molecule is CN(C(c1ccccc1)c1ccccc1)S(=O)(=O)c1ccc2c(c1)/C(=C\c1nccs1)C(=O)N2CC1CC1. The maximum absolute atomic E-state index is 14.1. The van der Waals surface area contributed by atoms with Gasteiger partial charge in [-0.3, -0.25) is 4.79 Å². The fourth-order valence-corrected chi connectivity index (χ4v) is 6.92. The first kappa shape index (κ1) is 24.7. The number of anilines is 1. The van der Waals surface area contributed by atoms with Crippen LogP contribution in [-0.2, 0) is 14.8 Å². The van der Waals surface area contributed by atoms with E-state index in [2.05, 4.69) is 4.98 Å². The van der Waals surface area contributed by atoms with Crippen molar-refractivity contribution in [2.75, 3.05) is 18.5 Å². The molecule has 38 heavy (non-hydrogen) atoms. The summed E-state index contributed by atoms with van der Waals surface area (Å²) in [6.07, 6.45) is 5.70. The molecule has 3 aromatic carbocycles. The number of aromatic nitrogens is 1. The molecule has 0 unspecified atom stereocenters. The number of fused-ring (bicyclic) bond motifs is 1. The second kappa shape index (κ2) is 9.94. The molecule has 0 radical (unpaired) electrons. The lowest BCUT2D eigenvalue weighted by atomic mass is 9.99. The molecule has 0 atom stereocenters. The summed E-state index contributed by atoms with van der Waals surface area (Å²) in [6.45, 7) is 0.650. The van der Waals surface area contributed by atoms with Gasteiger partial charge in [-0.25, -0.2) is 13.4 Å². The maximum Gasteiger partial charge on any atom is 0.259 e. The summed E-state index contributed by atoms with van der Waals surface area (Å²) in [5.74, 6) is 0.398. The average molecular weight is 542 g/mol. The third-order valence-electron chi connectivity index (χ3n) is 7.15. The van der Waals surface area contributed by atoms with E-state index in [1.54, 1.807) is 42.4 Å². The zero-order valence-corrected chi connectivity index (χ0v) is 22.5. The molecule has 1 amide bonds. The second-order valence-corrected chi connectivity index (χ2v) is 12.6. The minimum Gasteiger partial charge on any atom is -0.307 e. The Bertz CT molecular complexity index is 1560. The van der Waals surface area contributed by atoms with E-state index >= 15 is 0 Å². The molecule has 1 fully saturated rings. The standard InChI is InChI=1S/C30H27N3O3S2/c1-32(29(22-8-4-2-5-9-22)23-10-6-3-7-11-23)38(35,36)24-14-15-27-25(18-24)26(19-28-31-16-17-37-28)30(34)33(27)20-21-12-13-21/h2-11,14-19,21,29H,12-13,20H2,1H3/b26-19+. The van der Waals surface area contributed by atoms with E-state index in [1.165, 1.54) is 15.6 Å². The molecule has 2 heterocycles. The molecule has 0 saturated heterocycles. The van der Waals surface area contributed by atoms with Gasteiger partial charge in [-0.05, 0) is 54.2 Å². The van der Waals surface area contributed by atoms with Crippen molar-refractivity contribution in [3.63, 3.8) is 0 Å². The summed E-state index contributed by atoms with van der Waals surface area (Å²) < 4.78 is 29.6. The summed E-state index contributed by atoms with van der Waals surface area (Å²) in [5, 5.41) is 2.57. The van der Waals surface area contributed by atoms with Crippen LogP contribution >= 0.6 is 11.3 Å². The number of benzene rings is 3. The molecule has 1 aliphatic carbocycles. The first-order valence-corrected chi connectivity index (χ1v) is 14.9. The van der Waals surface area contributed by atoms with Crippen molar-refractivity contribution in [1.82, 2.24) is 9.29 Å². The Hall–Kier alpha value is -3.59. The first-order valence-electron chi connectivity index (χ1n) is 12.6. The molecule has 1 aliphatic heterocycles. The fourth-order valence-electron chi connectivity index (χ4n) is 4.99. The normalized spacial score (nSPS) is 16.6. The number of carbonyl (C=O) groups excluding carboxylic acids is 1. The highest BCUT2D eigenvalue weighted by atomic mass is 32.2. The van der Waals surface area contributed by atoms with Crippen molar-refractivity contribution < 1.29 is 13.2 Å². The Balaban J connectivity index is 1.43. The highest BCUT2D eigenvalue weighted by Gasteiger charge is 2.38. The van der Waals surface area contributed by atoms with E-state index in [0.717, 1.165) is 29.7 Å². The van der Waals surface area contributed by atoms with E-state index in [1.807, 2.05) is 66.0 Å². The van der Waals surface area contributed by atoms with Crippen molar-refractivity contribution >= 4 is 44.6 Å². The van der Waals surface area contributed by atoms with Crippen LogP contribution in [0.25, 0.3) is 11.6 Å². The van der Waals surface area contributed by atoms with Crippen molar-refractivity contribution in [1.29, 1.82) is 0 Å². The molecule has 0 spiro atoms. The van der Waals surface area contributed by atoms with E-state index in [0.29, 0.717) is 28.6 Å². The third kappa shape index (κ3) is 4.60. The van der Waals surface area contributed by atoms with Gasteiger partial charge >= 0.3 is 0 Å².